The number of piperazine rings is 1. The van der Waals surface area contributed by atoms with Crippen LogP contribution in [0.15, 0.2) is 12.1 Å². The van der Waals surface area contributed by atoms with Crippen LogP contribution in [0.3, 0.4) is 0 Å². The van der Waals surface area contributed by atoms with Gasteiger partial charge < -0.3 is 15.1 Å². The Kier molecular flexibility index (Phi) is 3.87. The maximum atomic E-state index is 11.4. The number of carbonyl (C=O) groups is 1. The first-order valence-electron chi connectivity index (χ1n) is 7.44. The maximum absolute atomic E-state index is 11.4. The van der Waals surface area contributed by atoms with Crippen molar-refractivity contribution in [3.63, 3.8) is 0 Å². The summed E-state index contributed by atoms with van der Waals surface area (Å²) in [5.41, 5.74) is 2.61. The van der Waals surface area contributed by atoms with Gasteiger partial charge in [0.15, 0.2) is 0 Å². The zero-order chi connectivity index (χ0) is 13.9. The highest BCUT2D eigenvalue weighted by molar-refractivity contribution is 5.73. The maximum Gasteiger partial charge on any atom is 0.219 e. The lowest BCUT2D eigenvalue weighted by atomic mass is 10.1. The van der Waals surface area contributed by atoms with Gasteiger partial charge in [-0.3, -0.25) is 4.79 Å². The highest BCUT2D eigenvalue weighted by Gasteiger charge is 2.20. The molecule has 2 aliphatic heterocycles. The molecule has 1 amide bonds. The average Bonchev–Trinajstić information content (AvgIpc) is 2.71. The van der Waals surface area contributed by atoms with Crippen LogP contribution >= 0.6 is 0 Å². The van der Waals surface area contributed by atoms with Crippen LogP contribution in [0.4, 0.5) is 5.82 Å². The topological polar surface area (TPSA) is 48.5 Å². The molecule has 0 aromatic carbocycles. The lowest BCUT2D eigenvalue weighted by molar-refractivity contribution is -0.129. The van der Waals surface area contributed by atoms with Gasteiger partial charge in [-0.25, -0.2) is 4.98 Å². The number of nitrogens with one attached hydrogen (secondary N) is 1. The van der Waals surface area contributed by atoms with Crippen LogP contribution in [0.2, 0.25) is 0 Å². The smallest absolute Gasteiger partial charge is 0.219 e. The highest BCUT2D eigenvalue weighted by Crippen LogP contribution is 2.19. The highest BCUT2D eigenvalue weighted by atomic mass is 16.2. The molecule has 1 N–H and O–H groups in total. The van der Waals surface area contributed by atoms with Gasteiger partial charge in [-0.1, -0.05) is 6.07 Å². The van der Waals surface area contributed by atoms with E-state index in [0.717, 1.165) is 57.9 Å². The number of nitrogens with zero attached hydrogens (tertiary/aromatic N) is 3. The molecule has 2 aliphatic rings. The molecule has 5 nitrogen and oxygen atoms in total. The Hall–Kier alpha value is -1.62. The molecule has 0 aliphatic carbocycles. The van der Waals surface area contributed by atoms with Crippen molar-refractivity contribution >= 4 is 11.7 Å². The SMILES string of the molecule is CC(=O)N1CCN(c2ccc3c(n2)CCNCC3)CC1. The Labute approximate surface area is 120 Å². The molecule has 3 rings (SSSR count). The molecule has 20 heavy (non-hydrogen) atoms. The van der Waals surface area contributed by atoms with E-state index in [9.17, 15) is 4.79 Å². The standard InChI is InChI=1S/C15H22N4O/c1-12(20)18-8-10-19(11-9-18)15-3-2-13-4-6-16-7-5-14(13)17-15/h2-3,16H,4-11H2,1H3. The third-order valence-corrected chi connectivity index (χ3v) is 4.21. The summed E-state index contributed by atoms with van der Waals surface area (Å²) in [6.45, 7) is 7.06. The van der Waals surface area contributed by atoms with E-state index >= 15 is 0 Å². The summed E-state index contributed by atoms with van der Waals surface area (Å²) in [4.78, 5) is 20.4. The third kappa shape index (κ3) is 2.77. The van der Waals surface area contributed by atoms with Crippen molar-refractivity contribution in [2.75, 3.05) is 44.2 Å². The minimum Gasteiger partial charge on any atom is -0.353 e. The monoisotopic (exact) mass is 274 g/mol. The number of carbonyl (C=O) groups excluding carboxylic acids is 1. The number of amides is 1. The molecular formula is C15H22N4O. The quantitative estimate of drug-likeness (QED) is 0.807. The summed E-state index contributed by atoms with van der Waals surface area (Å²) in [6, 6.07) is 4.36. The van der Waals surface area contributed by atoms with Crippen molar-refractivity contribution in [3.05, 3.63) is 23.4 Å². The summed E-state index contributed by atoms with van der Waals surface area (Å²) in [7, 11) is 0. The predicted octanol–water partition coefficient (Wildman–Crippen LogP) is 0.438. The lowest BCUT2D eigenvalue weighted by Gasteiger charge is -2.35. The van der Waals surface area contributed by atoms with Crippen LogP contribution in [0.1, 0.15) is 18.2 Å². The molecule has 108 valence electrons. The molecule has 3 heterocycles. The molecular weight excluding hydrogens is 252 g/mol. The summed E-state index contributed by atoms with van der Waals surface area (Å²) in [6.07, 6.45) is 2.08. The molecule has 0 bridgehead atoms. The minimum absolute atomic E-state index is 0.172. The molecule has 1 fully saturated rings. The van der Waals surface area contributed by atoms with Crippen molar-refractivity contribution in [2.24, 2.45) is 0 Å². The fraction of sp³-hybridized carbons (Fsp3) is 0.600. The number of hydrogen-bond donors (Lipinski definition) is 1. The normalized spacial score (nSPS) is 19.4. The van der Waals surface area contributed by atoms with Crippen LogP contribution in [0.25, 0.3) is 0 Å². The van der Waals surface area contributed by atoms with E-state index in [4.69, 9.17) is 4.98 Å². The lowest BCUT2D eigenvalue weighted by Crippen LogP contribution is -2.48. The zero-order valence-corrected chi connectivity index (χ0v) is 12.1. The number of hydrogen-bond acceptors (Lipinski definition) is 4. The van der Waals surface area contributed by atoms with Gasteiger partial charge in [-0.2, -0.15) is 0 Å². The first-order valence-corrected chi connectivity index (χ1v) is 7.44. The Morgan fingerprint density at radius 3 is 2.65 bits per heavy atom. The second-order valence-electron chi connectivity index (χ2n) is 5.52. The van der Waals surface area contributed by atoms with E-state index < -0.39 is 0 Å². The summed E-state index contributed by atoms with van der Waals surface area (Å²) < 4.78 is 0. The van der Waals surface area contributed by atoms with Gasteiger partial charge in [0.2, 0.25) is 5.91 Å². The van der Waals surface area contributed by atoms with Crippen molar-refractivity contribution in [3.8, 4) is 0 Å². The molecule has 0 unspecified atom stereocenters. The van der Waals surface area contributed by atoms with Gasteiger partial charge in [-0.05, 0) is 24.6 Å². The fourth-order valence-corrected chi connectivity index (χ4v) is 2.94. The van der Waals surface area contributed by atoms with Crippen LogP contribution in [0, 0.1) is 0 Å². The van der Waals surface area contributed by atoms with Crippen molar-refractivity contribution in [1.29, 1.82) is 0 Å². The molecule has 0 spiro atoms. The molecule has 0 radical (unpaired) electrons. The molecule has 1 saturated heterocycles. The Balaban J connectivity index is 1.72. The van der Waals surface area contributed by atoms with Crippen molar-refractivity contribution in [2.45, 2.75) is 19.8 Å². The second kappa shape index (κ2) is 5.79. The molecule has 5 heteroatoms. The molecule has 1 aromatic rings. The first-order chi connectivity index (χ1) is 9.74. The van der Waals surface area contributed by atoms with E-state index in [1.54, 1.807) is 6.92 Å². The first kappa shape index (κ1) is 13.4. The zero-order valence-electron chi connectivity index (χ0n) is 12.1. The van der Waals surface area contributed by atoms with E-state index in [-0.39, 0.29) is 5.91 Å². The average molecular weight is 274 g/mol. The summed E-state index contributed by atoms with van der Waals surface area (Å²) >= 11 is 0. The number of aromatic nitrogens is 1. The Morgan fingerprint density at radius 1 is 1.15 bits per heavy atom. The predicted molar refractivity (Wildman–Crippen MR) is 79.0 cm³/mol. The molecule has 1 aromatic heterocycles. The van der Waals surface area contributed by atoms with Gasteiger partial charge in [0.25, 0.3) is 0 Å². The number of rotatable bonds is 1. The molecule has 0 saturated carbocycles. The van der Waals surface area contributed by atoms with E-state index in [2.05, 4.69) is 22.3 Å². The van der Waals surface area contributed by atoms with Crippen LogP contribution < -0.4 is 10.2 Å². The van der Waals surface area contributed by atoms with Gasteiger partial charge in [-0.15, -0.1) is 0 Å². The van der Waals surface area contributed by atoms with Gasteiger partial charge in [0.1, 0.15) is 5.82 Å². The van der Waals surface area contributed by atoms with Crippen LogP contribution in [-0.2, 0) is 17.6 Å². The number of anilines is 1. The Bertz CT molecular complexity index is 495. The largest absolute Gasteiger partial charge is 0.353 e. The van der Waals surface area contributed by atoms with Gasteiger partial charge in [0, 0.05) is 51.8 Å². The van der Waals surface area contributed by atoms with Crippen LogP contribution in [-0.4, -0.2) is 55.1 Å². The van der Waals surface area contributed by atoms with Crippen molar-refractivity contribution < 1.29 is 4.79 Å². The summed E-state index contributed by atoms with van der Waals surface area (Å²) in [5, 5.41) is 3.41. The Morgan fingerprint density at radius 2 is 1.90 bits per heavy atom. The fourth-order valence-electron chi connectivity index (χ4n) is 2.94. The third-order valence-electron chi connectivity index (χ3n) is 4.21. The van der Waals surface area contributed by atoms with Gasteiger partial charge in [0.05, 0.1) is 0 Å². The number of fused-ring (bicyclic) bond motifs is 1. The van der Waals surface area contributed by atoms with E-state index in [1.807, 2.05) is 4.90 Å². The second-order valence-corrected chi connectivity index (χ2v) is 5.52. The number of pyridine rings is 1. The van der Waals surface area contributed by atoms with Crippen LogP contribution in [0.5, 0.6) is 0 Å². The van der Waals surface area contributed by atoms with Crippen molar-refractivity contribution in [1.82, 2.24) is 15.2 Å². The molecule has 0 atom stereocenters. The summed E-state index contributed by atoms with van der Waals surface area (Å²) in [5.74, 6) is 1.24. The van der Waals surface area contributed by atoms with Gasteiger partial charge >= 0.3 is 0 Å². The van der Waals surface area contributed by atoms with E-state index in [1.165, 1.54) is 11.3 Å². The minimum atomic E-state index is 0.172. The van der Waals surface area contributed by atoms with E-state index in [0.29, 0.717) is 0 Å².